The van der Waals surface area contributed by atoms with Gasteiger partial charge in [-0.1, -0.05) is 18.2 Å². The van der Waals surface area contributed by atoms with E-state index >= 15 is 0 Å². The SMILES string of the molecule is Cc1cccc(NC(=O)C(=O)NCC(O)c2ccc3c(ccn3C)c2)c1. The van der Waals surface area contributed by atoms with Crippen LogP contribution in [0.25, 0.3) is 10.9 Å². The lowest BCUT2D eigenvalue weighted by Gasteiger charge is -2.13. The van der Waals surface area contributed by atoms with Gasteiger partial charge in [-0.3, -0.25) is 9.59 Å². The van der Waals surface area contributed by atoms with E-state index in [0.29, 0.717) is 11.3 Å². The van der Waals surface area contributed by atoms with Crippen LogP contribution in [0.3, 0.4) is 0 Å². The summed E-state index contributed by atoms with van der Waals surface area (Å²) in [6, 6.07) is 14.7. The van der Waals surface area contributed by atoms with Crippen LogP contribution in [-0.2, 0) is 16.6 Å². The minimum absolute atomic E-state index is 0.0432. The van der Waals surface area contributed by atoms with Crippen molar-refractivity contribution in [1.82, 2.24) is 9.88 Å². The Kier molecular flexibility index (Phi) is 5.04. The monoisotopic (exact) mass is 351 g/mol. The van der Waals surface area contributed by atoms with Gasteiger partial charge in [0.25, 0.3) is 0 Å². The first kappa shape index (κ1) is 17.7. The van der Waals surface area contributed by atoms with E-state index in [9.17, 15) is 14.7 Å². The highest BCUT2D eigenvalue weighted by Gasteiger charge is 2.16. The molecule has 26 heavy (non-hydrogen) atoms. The average molecular weight is 351 g/mol. The lowest BCUT2D eigenvalue weighted by atomic mass is 10.1. The average Bonchev–Trinajstić information content (AvgIpc) is 2.99. The maximum atomic E-state index is 11.9. The molecular weight excluding hydrogens is 330 g/mol. The van der Waals surface area contributed by atoms with Gasteiger partial charge in [0, 0.05) is 31.0 Å². The molecule has 6 heteroatoms. The van der Waals surface area contributed by atoms with E-state index in [-0.39, 0.29) is 6.54 Å². The highest BCUT2D eigenvalue weighted by atomic mass is 16.3. The Morgan fingerprint density at radius 3 is 2.69 bits per heavy atom. The van der Waals surface area contributed by atoms with Gasteiger partial charge >= 0.3 is 11.8 Å². The Balaban J connectivity index is 1.58. The fourth-order valence-corrected chi connectivity index (χ4v) is 2.81. The first-order valence-electron chi connectivity index (χ1n) is 8.33. The van der Waals surface area contributed by atoms with Crippen LogP contribution in [0.1, 0.15) is 17.2 Å². The number of anilines is 1. The van der Waals surface area contributed by atoms with Crippen molar-refractivity contribution in [2.75, 3.05) is 11.9 Å². The molecule has 0 spiro atoms. The second kappa shape index (κ2) is 7.41. The molecule has 0 saturated heterocycles. The van der Waals surface area contributed by atoms with Crippen molar-refractivity contribution < 1.29 is 14.7 Å². The zero-order valence-corrected chi connectivity index (χ0v) is 14.7. The Labute approximate surface area is 151 Å². The predicted octanol–water partition coefficient (Wildman–Crippen LogP) is 2.28. The van der Waals surface area contributed by atoms with Gasteiger partial charge in [0.2, 0.25) is 0 Å². The summed E-state index contributed by atoms with van der Waals surface area (Å²) in [7, 11) is 1.95. The van der Waals surface area contributed by atoms with Crippen LogP contribution >= 0.6 is 0 Å². The van der Waals surface area contributed by atoms with Crippen molar-refractivity contribution in [2.45, 2.75) is 13.0 Å². The van der Waals surface area contributed by atoms with Crippen LogP contribution in [0.4, 0.5) is 5.69 Å². The highest BCUT2D eigenvalue weighted by Crippen LogP contribution is 2.20. The molecule has 1 unspecified atom stereocenters. The minimum Gasteiger partial charge on any atom is -0.387 e. The van der Waals surface area contributed by atoms with Gasteiger partial charge in [-0.05, 0) is 53.8 Å². The van der Waals surface area contributed by atoms with E-state index in [1.54, 1.807) is 18.2 Å². The van der Waals surface area contributed by atoms with E-state index < -0.39 is 17.9 Å². The second-order valence-electron chi connectivity index (χ2n) is 6.29. The van der Waals surface area contributed by atoms with Gasteiger partial charge in [0.05, 0.1) is 6.10 Å². The number of nitrogens with zero attached hydrogens (tertiary/aromatic N) is 1. The summed E-state index contributed by atoms with van der Waals surface area (Å²) in [5.74, 6) is -1.55. The van der Waals surface area contributed by atoms with Gasteiger partial charge < -0.3 is 20.3 Å². The third kappa shape index (κ3) is 3.92. The fourth-order valence-electron chi connectivity index (χ4n) is 2.81. The van der Waals surface area contributed by atoms with E-state index in [0.717, 1.165) is 16.5 Å². The number of benzene rings is 2. The zero-order chi connectivity index (χ0) is 18.7. The molecule has 0 bridgehead atoms. The highest BCUT2D eigenvalue weighted by molar-refractivity contribution is 6.39. The molecule has 1 heterocycles. The quantitative estimate of drug-likeness (QED) is 0.631. The van der Waals surface area contributed by atoms with Crippen molar-refractivity contribution in [3.63, 3.8) is 0 Å². The molecular formula is C20H21N3O3. The maximum Gasteiger partial charge on any atom is 0.313 e. The van der Waals surface area contributed by atoms with Gasteiger partial charge in [0.1, 0.15) is 0 Å². The van der Waals surface area contributed by atoms with Crippen LogP contribution in [0.5, 0.6) is 0 Å². The summed E-state index contributed by atoms with van der Waals surface area (Å²) in [5, 5.41) is 16.3. The van der Waals surface area contributed by atoms with Crippen LogP contribution < -0.4 is 10.6 Å². The number of carbonyl (C=O) groups excluding carboxylic acids is 2. The van der Waals surface area contributed by atoms with E-state index in [1.165, 1.54) is 0 Å². The van der Waals surface area contributed by atoms with Crippen molar-refractivity contribution in [3.05, 3.63) is 65.9 Å². The molecule has 3 N–H and O–H groups in total. The lowest BCUT2D eigenvalue weighted by Crippen LogP contribution is -2.37. The topological polar surface area (TPSA) is 83.4 Å². The molecule has 0 radical (unpaired) electrons. The maximum absolute atomic E-state index is 11.9. The number of aryl methyl sites for hydroxylation is 2. The fraction of sp³-hybridized carbons (Fsp3) is 0.200. The van der Waals surface area contributed by atoms with Gasteiger partial charge in [-0.25, -0.2) is 0 Å². The van der Waals surface area contributed by atoms with E-state index in [2.05, 4.69) is 10.6 Å². The molecule has 0 fully saturated rings. The zero-order valence-electron chi connectivity index (χ0n) is 14.7. The molecule has 2 amide bonds. The van der Waals surface area contributed by atoms with Crippen LogP contribution in [-0.4, -0.2) is 28.0 Å². The molecule has 3 aromatic rings. The van der Waals surface area contributed by atoms with Gasteiger partial charge in [-0.15, -0.1) is 0 Å². The van der Waals surface area contributed by atoms with Crippen molar-refractivity contribution >= 4 is 28.4 Å². The number of carbonyl (C=O) groups is 2. The third-order valence-corrected chi connectivity index (χ3v) is 4.23. The number of aliphatic hydroxyl groups excluding tert-OH is 1. The Hall–Kier alpha value is -3.12. The molecule has 6 nitrogen and oxygen atoms in total. The Morgan fingerprint density at radius 1 is 1.12 bits per heavy atom. The predicted molar refractivity (Wildman–Crippen MR) is 101 cm³/mol. The molecule has 0 aliphatic heterocycles. The molecule has 0 aliphatic carbocycles. The van der Waals surface area contributed by atoms with Crippen LogP contribution in [0, 0.1) is 6.92 Å². The van der Waals surface area contributed by atoms with Gasteiger partial charge in [0.15, 0.2) is 0 Å². The number of nitrogens with one attached hydrogen (secondary N) is 2. The molecule has 134 valence electrons. The largest absolute Gasteiger partial charge is 0.387 e. The number of aliphatic hydroxyl groups is 1. The summed E-state index contributed by atoms with van der Waals surface area (Å²) < 4.78 is 1.99. The van der Waals surface area contributed by atoms with E-state index in [4.69, 9.17) is 0 Å². The molecule has 1 aromatic heterocycles. The first-order chi connectivity index (χ1) is 12.4. The molecule has 0 aliphatic rings. The van der Waals surface area contributed by atoms with Gasteiger partial charge in [-0.2, -0.15) is 0 Å². The summed E-state index contributed by atoms with van der Waals surface area (Å²) in [6.07, 6.45) is 1.05. The number of hydrogen-bond acceptors (Lipinski definition) is 3. The lowest BCUT2D eigenvalue weighted by molar-refractivity contribution is -0.136. The third-order valence-electron chi connectivity index (χ3n) is 4.23. The Bertz CT molecular complexity index is 962. The Morgan fingerprint density at radius 2 is 1.92 bits per heavy atom. The summed E-state index contributed by atoms with van der Waals surface area (Å²) in [4.78, 5) is 23.9. The van der Waals surface area contributed by atoms with Crippen molar-refractivity contribution in [1.29, 1.82) is 0 Å². The number of aromatic nitrogens is 1. The molecule has 0 saturated carbocycles. The number of fused-ring (bicyclic) bond motifs is 1. The minimum atomic E-state index is -0.893. The van der Waals surface area contributed by atoms with Crippen LogP contribution in [0.2, 0.25) is 0 Å². The summed E-state index contributed by atoms with van der Waals surface area (Å²) >= 11 is 0. The number of rotatable bonds is 4. The van der Waals surface area contributed by atoms with Crippen molar-refractivity contribution in [2.24, 2.45) is 7.05 Å². The summed E-state index contributed by atoms with van der Waals surface area (Å²) in [6.45, 7) is 1.86. The molecule has 3 rings (SSSR count). The summed E-state index contributed by atoms with van der Waals surface area (Å²) in [5.41, 5.74) is 3.28. The molecule has 1 atom stereocenters. The van der Waals surface area contributed by atoms with E-state index in [1.807, 2.05) is 55.1 Å². The molecule has 2 aromatic carbocycles. The first-order valence-corrected chi connectivity index (χ1v) is 8.33. The van der Waals surface area contributed by atoms with Crippen molar-refractivity contribution in [3.8, 4) is 0 Å². The second-order valence-corrected chi connectivity index (χ2v) is 6.29. The standard InChI is InChI=1S/C20H21N3O3/c1-13-4-3-5-16(10-13)22-20(26)19(25)21-12-18(24)15-6-7-17-14(11-15)8-9-23(17)2/h3-11,18,24H,12H2,1-2H3,(H,21,25)(H,22,26). The smallest absolute Gasteiger partial charge is 0.313 e. The normalized spacial score (nSPS) is 12.0. The van der Waals surface area contributed by atoms with Crippen LogP contribution in [0.15, 0.2) is 54.7 Å². The number of hydrogen-bond donors (Lipinski definition) is 3. The number of amides is 2.